The molecule has 19 heavy (non-hydrogen) atoms. The maximum atomic E-state index is 13.7. The van der Waals surface area contributed by atoms with Gasteiger partial charge in [-0.05, 0) is 34.1 Å². The Labute approximate surface area is 121 Å². The summed E-state index contributed by atoms with van der Waals surface area (Å²) in [6.07, 6.45) is 5.20. The zero-order chi connectivity index (χ0) is 13.4. The highest BCUT2D eigenvalue weighted by molar-refractivity contribution is 9.10. The van der Waals surface area contributed by atoms with Crippen molar-refractivity contribution in [2.45, 2.75) is 0 Å². The average molecular weight is 342 g/mol. The number of hydrogen-bond acceptors (Lipinski definition) is 3. The molecule has 0 fully saturated rings. The van der Waals surface area contributed by atoms with Crippen LogP contribution in [0.1, 0.15) is 0 Å². The molecule has 0 saturated carbocycles. The molecule has 0 aliphatic rings. The molecule has 0 aliphatic heterocycles. The first-order chi connectivity index (χ1) is 9.13. The van der Waals surface area contributed by atoms with E-state index in [-0.39, 0.29) is 0 Å². The van der Waals surface area contributed by atoms with Crippen LogP contribution in [0.4, 0.5) is 15.9 Å². The van der Waals surface area contributed by atoms with E-state index in [1.165, 1.54) is 6.07 Å². The third-order valence-corrected chi connectivity index (χ3v) is 3.15. The van der Waals surface area contributed by atoms with Crippen LogP contribution in [0, 0.1) is 5.82 Å². The molecule has 4 nitrogen and oxygen atoms in total. The fourth-order valence-electron chi connectivity index (χ4n) is 1.70. The maximum Gasteiger partial charge on any atom is 0.180 e. The van der Waals surface area contributed by atoms with Crippen LogP contribution >= 0.6 is 27.5 Å². The summed E-state index contributed by atoms with van der Waals surface area (Å²) in [5.41, 5.74) is 0.900. The number of fused-ring (bicyclic) bond motifs is 1. The molecule has 3 aromatic rings. The summed E-state index contributed by atoms with van der Waals surface area (Å²) in [6, 6.07) is 4.40. The second-order valence-corrected chi connectivity index (χ2v) is 5.07. The Balaban J connectivity index is 2.07. The summed E-state index contributed by atoms with van der Waals surface area (Å²) in [6.45, 7) is 0. The summed E-state index contributed by atoms with van der Waals surface area (Å²) >= 11 is 9.01. The zero-order valence-corrected chi connectivity index (χ0v) is 11.8. The lowest BCUT2D eigenvalue weighted by molar-refractivity contribution is 0.632. The van der Waals surface area contributed by atoms with Gasteiger partial charge < -0.3 is 9.72 Å². The van der Waals surface area contributed by atoms with Gasteiger partial charge in [0, 0.05) is 23.6 Å². The minimum Gasteiger partial charge on any atom is -0.335 e. The molecule has 0 saturated heterocycles. The molecule has 2 heterocycles. The molecule has 2 aromatic heterocycles. The van der Waals surface area contributed by atoms with Gasteiger partial charge in [-0.15, -0.1) is 0 Å². The van der Waals surface area contributed by atoms with Crippen molar-refractivity contribution >= 4 is 44.7 Å². The van der Waals surface area contributed by atoms with Gasteiger partial charge in [-0.25, -0.2) is 14.4 Å². The first-order valence-corrected chi connectivity index (χ1v) is 6.52. The van der Waals surface area contributed by atoms with Crippen LogP contribution in [0.3, 0.4) is 0 Å². The average Bonchev–Trinajstić information content (AvgIpc) is 2.80. The number of rotatable bonds is 2. The van der Waals surface area contributed by atoms with Gasteiger partial charge in [0.25, 0.3) is 0 Å². The van der Waals surface area contributed by atoms with Crippen molar-refractivity contribution in [2.24, 2.45) is 0 Å². The molecule has 0 atom stereocenters. The quantitative estimate of drug-likeness (QED) is 0.765. The van der Waals surface area contributed by atoms with Crippen molar-refractivity contribution in [1.82, 2.24) is 14.4 Å². The van der Waals surface area contributed by atoms with Gasteiger partial charge >= 0.3 is 0 Å². The van der Waals surface area contributed by atoms with E-state index in [4.69, 9.17) is 11.6 Å². The summed E-state index contributed by atoms with van der Waals surface area (Å²) in [7, 11) is 0. The lowest BCUT2D eigenvalue weighted by Gasteiger charge is -2.08. The largest absolute Gasteiger partial charge is 0.335 e. The summed E-state index contributed by atoms with van der Waals surface area (Å²) < 4.78 is 16.2. The topological polar surface area (TPSA) is 42.2 Å². The smallest absolute Gasteiger partial charge is 0.180 e. The number of aromatic nitrogens is 3. The van der Waals surface area contributed by atoms with Gasteiger partial charge in [0.15, 0.2) is 11.5 Å². The van der Waals surface area contributed by atoms with Crippen molar-refractivity contribution < 1.29 is 4.39 Å². The van der Waals surface area contributed by atoms with E-state index in [0.29, 0.717) is 26.8 Å². The van der Waals surface area contributed by atoms with E-state index < -0.39 is 5.82 Å². The molecule has 0 aliphatic carbocycles. The fourth-order valence-corrected chi connectivity index (χ4v) is 2.26. The van der Waals surface area contributed by atoms with Gasteiger partial charge in [0.05, 0.1) is 5.69 Å². The van der Waals surface area contributed by atoms with Crippen molar-refractivity contribution in [3.8, 4) is 0 Å². The third kappa shape index (κ3) is 2.41. The van der Waals surface area contributed by atoms with E-state index >= 15 is 0 Å². The molecule has 3 rings (SSSR count). The van der Waals surface area contributed by atoms with E-state index in [0.717, 1.165) is 0 Å². The van der Waals surface area contributed by atoms with Crippen LogP contribution in [0.5, 0.6) is 0 Å². The Morgan fingerprint density at radius 3 is 3.00 bits per heavy atom. The predicted octanol–water partition coefficient (Wildman–Crippen LogP) is 4.03. The van der Waals surface area contributed by atoms with Gasteiger partial charge in [-0.1, -0.05) is 11.6 Å². The monoisotopic (exact) mass is 340 g/mol. The summed E-state index contributed by atoms with van der Waals surface area (Å²) in [5.74, 6) is 0.0135. The van der Waals surface area contributed by atoms with Crippen molar-refractivity contribution in [3.05, 3.63) is 52.2 Å². The number of nitrogens with one attached hydrogen (secondary N) is 1. The third-order valence-electron chi connectivity index (χ3n) is 2.53. The van der Waals surface area contributed by atoms with Crippen molar-refractivity contribution in [2.75, 3.05) is 5.32 Å². The minimum absolute atomic E-state index is 0.292. The van der Waals surface area contributed by atoms with Crippen LogP contribution in [-0.4, -0.2) is 14.4 Å². The number of anilines is 2. The first kappa shape index (κ1) is 12.4. The SMILES string of the molecule is Fc1cc(Cl)ccc1Nc1nc(Br)cn2ccnc12. The van der Waals surface area contributed by atoms with Crippen LogP contribution < -0.4 is 5.32 Å². The number of nitrogens with zero attached hydrogens (tertiary/aromatic N) is 3. The van der Waals surface area contributed by atoms with Gasteiger partial charge in [-0.3, -0.25) is 0 Å². The number of halogens is 3. The molecular weight excluding hydrogens is 335 g/mol. The van der Waals surface area contributed by atoms with E-state index in [1.54, 1.807) is 35.1 Å². The molecule has 7 heteroatoms. The van der Waals surface area contributed by atoms with E-state index in [2.05, 4.69) is 31.2 Å². The highest BCUT2D eigenvalue weighted by Crippen LogP contribution is 2.25. The number of imidazole rings is 1. The normalized spacial score (nSPS) is 10.9. The molecular formula is C12H7BrClFN4. The Morgan fingerprint density at radius 1 is 1.37 bits per heavy atom. The van der Waals surface area contributed by atoms with Gasteiger partial charge in [-0.2, -0.15) is 0 Å². The minimum atomic E-state index is -0.445. The van der Waals surface area contributed by atoms with Crippen molar-refractivity contribution in [3.63, 3.8) is 0 Å². The molecule has 0 unspecified atom stereocenters. The molecule has 1 aromatic carbocycles. The van der Waals surface area contributed by atoms with Crippen LogP contribution in [-0.2, 0) is 0 Å². The van der Waals surface area contributed by atoms with Gasteiger partial charge in [0.2, 0.25) is 0 Å². The summed E-state index contributed by atoms with van der Waals surface area (Å²) in [5, 5.41) is 3.25. The lowest BCUT2D eigenvalue weighted by atomic mass is 10.3. The summed E-state index contributed by atoms with van der Waals surface area (Å²) in [4.78, 5) is 8.43. The molecule has 0 spiro atoms. The Bertz CT molecular complexity index is 759. The molecule has 0 radical (unpaired) electrons. The fraction of sp³-hybridized carbons (Fsp3) is 0. The Hall–Kier alpha value is -1.66. The first-order valence-electron chi connectivity index (χ1n) is 5.35. The second-order valence-electron chi connectivity index (χ2n) is 3.82. The second kappa shape index (κ2) is 4.79. The number of hydrogen-bond donors (Lipinski definition) is 1. The van der Waals surface area contributed by atoms with Crippen LogP contribution in [0.25, 0.3) is 5.65 Å². The van der Waals surface area contributed by atoms with Crippen LogP contribution in [0.2, 0.25) is 5.02 Å². The molecule has 1 N–H and O–H groups in total. The van der Waals surface area contributed by atoms with Gasteiger partial charge in [0.1, 0.15) is 10.4 Å². The Morgan fingerprint density at radius 2 is 2.21 bits per heavy atom. The zero-order valence-electron chi connectivity index (χ0n) is 9.44. The molecule has 0 amide bonds. The van der Waals surface area contributed by atoms with E-state index in [1.807, 2.05) is 0 Å². The molecule has 0 bridgehead atoms. The highest BCUT2D eigenvalue weighted by atomic mass is 79.9. The lowest BCUT2D eigenvalue weighted by Crippen LogP contribution is -2.00. The maximum absolute atomic E-state index is 13.7. The highest BCUT2D eigenvalue weighted by Gasteiger charge is 2.09. The number of benzene rings is 1. The van der Waals surface area contributed by atoms with Crippen LogP contribution in [0.15, 0.2) is 41.4 Å². The Kier molecular flexibility index (Phi) is 3.12. The van der Waals surface area contributed by atoms with E-state index in [9.17, 15) is 4.39 Å². The van der Waals surface area contributed by atoms with Crippen molar-refractivity contribution in [1.29, 1.82) is 0 Å². The standard InChI is InChI=1S/C12H7BrClFN4/c13-10-6-19-4-3-16-12(19)11(18-10)17-9-2-1-7(14)5-8(9)15/h1-6H,(H,17,18). The molecule has 96 valence electrons. The predicted molar refractivity (Wildman–Crippen MR) is 75.4 cm³/mol.